The Hall–Kier alpha value is -2.02. The van der Waals surface area contributed by atoms with Crippen molar-refractivity contribution in [3.05, 3.63) is 40.4 Å². The summed E-state index contributed by atoms with van der Waals surface area (Å²) in [5.74, 6) is 1.47. The Kier molecular flexibility index (Phi) is 4.42. The molecule has 0 radical (unpaired) electrons. The van der Waals surface area contributed by atoms with Crippen molar-refractivity contribution >= 4 is 55.0 Å². The summed E-state index contributed by atoms with van der Waals surface area (Å²) >= 11 is 13.6. The van der Waals surface area contributed by atoms with Crippen LogP contribution in [0, 0.1) is 6.92 Å². The number of thiophene rings is 1. The predicted molar refractivity (Wildman–Crippen MR) is 106 cm³/mol. The van der Waals surface area contributed by atoms with Gasteiger partial charge in [-0.3, -0.25) is 0 Å². The van der Waals surface area contributed by atoms with Crippen molar-refractivity contribution in [3.63, 3.8) is 0 Å². The summed E-state index contributed by atoms with van der Waals surface area (Å²) in [7, 11) is 0. The molecule has 3 aromatic heterocycles. The zero-order valence-electron chi connectivity index (χ0n) is 14.2. The number of halogens is 2. The molecule has 0 saturated carbocycles. The minimum Gasteiger partial charge on any atom is -0.491 e. The zero-order chi connectivity index (χ0) is 18.4. The van der Waals surface area contributed by atoms with Crippen LogP contribution < -0.4 is 4.74 Å². The fourth-order valence-electron chi connectivity index (χ4n) is 2.73. The third-order valence-electron chi connectivity index (χ3n) is 3.77. The molecule has 0 N–H and O–H groups in total. The third kappa shape index (κ3) is 3.09. The van der Waals surface area contributed by atoms with Crippen LogP contribution >= 0.6 is 34.5 Å². The molecule has 0 aliphatic carbocycles. The van der Waals surface area contributed by atoms with Gasteiger partial charge in [0.05, 0.1) is 27.4 Å². The van der Waals surface area contributed by atoms with Gasteiger partial charge in [0.2, 0.25) is 5.28 Å². The topological polar surface area (TPSA) is 60.8 Å². The first-order chi connectivity index (χ1) is 12.4. The normalized spacial score (nSPS) is 11.6. The van der Waals surface area contributed by atoms with Gasteiger partial charge in [-0.15, -0.1) is 11.3 Å². The second kappa shape index (κ2) is 6.61. The molecule has 0 unspecified atom stereocenters. The number of hydrogen-bond donors (Lipinski definition) is 0. The third-order valence-corrected chi connectivity index (χ3v) is 5.41. The van der Waals surface area contributed by atoms with Crippen molar-refractivity contribution in [3.8, 4) is 17.1 Å². The number of nitrogens with zero attached hydrogens (tertiary/aromatic N) is 4. The zero-order valence-corrected chi connectivity index (χ0v) is 16.6. The Balaban J connectivity index is 1.85. The summed E-state index contributed by atoms with van der Waals surface area (Å²) in [5.41, 5.74) is 2.43. The second-order valence-electron chi connectivity index (χ2n) is 6.07. The molecule has 1 aromatic carbocycles. The highest BCUT2D eigenvalue weighted by atomic mass is 35.5. The molecular weight excluding hydrogens is 391 g/mol. The number of aromatic nitrogens is 4. The van der Waals surface area contributed by atoms with E-state index in [9.17, 15) is 0 Å². The highest BCUT2D eigenvalue weighted by Gasteiger charge is 2.17. The van der Waals surface area contributed by atoms with Crippen molar-refractivity contribution in [2.24, 2.45) is 0 Å². The Bertz CT molecular complexity index is 1130. The summed E-state index contributed by atoms with van der Waals surface area (Å²) in [6.45, 7) is 5.92. The summed E-state index contributed by atoms with van der Waals surface area (Å²) in [4.78, 5) is 18.5. The van der Waals surface area contributed by atoms with Crippen molar-refractivity contribution in [2.45, 2.75) is 26.9 Å². The van der Waals surface area contributed by atoms with Crippen LogP contribution in [0.5, 0.6) is 5.75 Å². The molecular formula is C18H14Cl2N4OS. The minimum atomic E-state index is 0.117. The molecule has 0 spiro atoms. The van der Waals surface area contributed by atoms with Gasteiger partial charge in [-0.25, -0.2) is 19.9 Å². The molecule has 3 heterocycles. The highest BCUT2D eigenvalue weighted by molar-refractivity contribution is 7.26. The van der Waals surface area contributed by atoms with Crippen LogP contribution in [0.1, 0.15) is 19.5 Å². The van der Waals surface area contributed by atoms with E-state index >= 15 is 0 Å². The minimum absolute atomic E-state index is 0.117. The van der Waals surface area contributed by atoms with Crippen LogP contribution in [0.15, 0.2) is 24.3 Å². The quantitative estimate of drug-likeness (QED) is 0.323. The van der Waals surface area contributed by atoms with Gasteiger partial charge in [-0.05, 0) is 56.6 Å². The smallest absolute Gasteiger partial charge is 0.224 e. The first-order valence-electron chi connectivity index (χ1n) is 7.99. The van der Waals surface area contributed by atoms with E-state index < -0.39 is 0 Å². The fraction of sp³-hybridized carbons (Fsp3) is 0.222. The van der Waals surface area contributed by atoms with Crippen LogP contribution in [0.4, 0.5) is 0 Å². The Morgan fingerprint density at radius 3 is 2.42 bits per heavy atom. The van der Waals surface area contributed by atoms with E-state index in [1.165, 1.54) is 11.3 Å². The van der Waals surface area contributed by atoms with Gasteiger partial charge in [-0.2, -0.15) is 0 Å². The molecule has 0 aliphatic rings. The maximum atomic E-state index is 6.21. The van der Waals surface area contributed by atoms with Gasteiger partial charge in [0.15, 0.2) is 11.0 Å². The van der Waals surface area contributed by atoms with E-state index in [-0.39, 0.29) is 11.4 Å². The molecule has 4 aromatic rings. The van der Waals surface area contributed by atoms with E-state index in [4.69, 9.17) is 32.9 Å². The number of fused-ring (bicyclic) bond motifs is 3. The van der Waals surface area contributed by atoms with Gasteiger partial charge in [0.1, 0.15) is 10.6 Å². The lowest BCUT2D eigenvalue weighted by Gasteiger charge is -2.10. The average Bonchev–Trinajstić information content (AvgIpc) is 2.94. The molecule has 132 valence electrons. The molecule has 8 heteroatoms. The van der Waals surface area contributed by atoms with E-state index in [2.05, 4.69) is 15.0 Å². The summed E-state index contributed by atoms with van der Waals surface area (Å²) < 4.78 is 6.45. The number of aryl methyl sites for hydroxylation is 1. The molecule has 4 rings (SSSR count). The SMILES string of the molecule is Cc1nc(-c2ccc(OC(C)C)cc2)nc2sc3c(Cl)nc(Cl)nc3c12. The molecule has 26 heavy (non-hydrogen) atoms. The van der Waals surface area contributed by atoms with Crippen LogP contribution in [-0.4, -0.2) is 26.0 Å². The van der Waals surface area contributed by atoms with Crippen molar-refractivity contribution in [2.75, 3.05) is 0 Å². The largest absolute Gasteiger partial charge is 0.491 e. The first-order valence-corrected chi connectivity index (χ1v) is 9.56. The van der Waals surface area contributed by atoms with E-state index in [1.807, 2.05) is 45.0 Å². The lowest BCUT2D eigenvalue weighted by Crippen LogP contribution is -2.05. The van der Waals surface area contributed by atoms with Crippen molar-refractivity contribution in [1.29, 1.82) is 0 Å². The Morgan fingerprint density at radius 2 is 1.73 bits per heavy atom. The van der Waals surface area contributed by atoms with Gasteiger partial charge < -0.3 is 4.74 Å². The molecule has 5 nitrogen and oxygen atoms in total. The van der Waals surface area contributed by atoms with Crippen LogP contribution in [0.2, 0.25) is 10.4 Å². The Labute approximate surface area is 164 Å². The Morgan fingerprint density at radius 1 is 1.00 bits per heavy atom. The van der Waals surface area contributed by atoms with Gasteiger partial charge in [0.25, 0.3) is 0 Å². The van der Waals surface area contributed by atoms with E-state index in [0.717, 1.165) is 31.9 Å². The van der Waals surface area contributed by atoms with Crippen molar-refractivity contribution in [1.82, 2.24) is 19.9 Å². The van der Waals surface area contributed by atoms with Crippen LogP contribution in [0.25, 0.3) is 31.8 Å². The van der Waals surface area contributed by atoms with E-state index in [1.54, 1.807) is 0 Å². The summed E-state index contributed by atoms with van der Waals surface area (Å²) in [6, 6.07) is 7.75. The summed E-state index contributed by atoms with van der Waals surface area (Å²) in [6.07, 6.45) is 0.131. The van der Waals surface area contributed by atoms with Gasteiger partial charge >= 0.3 is 0 Å². The van der Waals surface area contributed by atoms with Gasteiger partial charge in [-0.1, -0.05) is 11.6 Å². The molecule has 0 bridgehead atoms. The maximum absolute atomic E-state index is 6.21. The molecule has 0 saturated heterocycles. The fourth-order valence-corrected chi connectivity index (χ4v) is 4.27. The monoisotopic (exact) mass is 404 g/mol. The lowest BCUT2D eigenvalue weighted by atomic mass is 10.2. The predicted octanol–water partition coefficient (Wildman–Crippen LogP) is 5.70. The number of benzene rings is 1. The highest BCUT2D eigenvalue weighted by Crippen LogP contribution is 2.37. The first kappa shape index (κ1) is 17.4. The maximum Gasteiger partial charge on any atom is 0.224 e. The second-order valence-corrected chi connectivity index (χ2v) is 7.76. The molecule has 0 atom stereocenters. The molecule has 0 aliphatic heterocycles. The summed E-state index contributed by atoms with van der Waals surface area (Å²) in [5, 5.41) is 1.31. The average molecular weight is 405 g/mol. The molecule has 0 fully saturated rings. The number of rotatable bonds is 3. The number of hydrogen-bond acceptors (Lipinski definition) is 6. The van der Waals surface area contributed by atoms with Crippen LogP contribution in [0.3, 0.4) is 0 Å². The standard InChI is InChI=1S/C18H14Cl2N4OS/c1-8(2)25-11-6-4-10(5-7-11)16-21-9(3)12-13-14(26-17(12)24-16)15(19)23-18(20)22-13/h4-8H,1-3H3. The molecule has 0 amide bonds. The van der Waals surface area contributed by atoms with E-state index in [0.29, 0.717) is 16.5 Å². The lowest BCUT2D eigenvalue weighted by molar-refractivity contribution is 0.242. The van der Waals surface area contributed by atoms with Gasteiger partial charge in [0, 0.05) is 5.56 Å². The van der Waals surface area contributed by atoms with Crippen molar-refractivity contribution < 1.29 is 4.74 Å². The van der Waals surface area contributed by atoms with Crippen LogP contribution in [-0.2, 0) is 0 Å². The number of ether oxygens (including phenoxy) is 1.